The Morgan fingerprint density at radius 1 is 1.20 bits per heavy atom. The Morgan fingerprint density at radius 3 is 2.65 bits per heavy atom. The first kappa shape index (κ1) is 13.0. The molecule has 0 bridgehead atoms. The van der Waals surface area contributed by atoms with Crippen LogP contribution in [-0.2, 0) is 6.42 Å². The first-order chi connectivity index (χ1) is 9.69. The van der Waals surface area contributed by atoms with Crippen molar-refractivity contribution in [3.05, 3.63) is 59.4 Å². The predicted octanol–water partition coefficient (Wildman–Crippen LogP) is 3.92. The van der Waals surface area contributed by atoms with Crippen molar-refractivity contribution in [2.75, 3.05) is 17.2 Å². The molecule has 0 radical (unpaired) electrons. The van der Waals surface area contributed by atoms with Gasteiger partial charge < -0.3 is 10.6 Å². The van der Waals surface area contributed by atoms with Crippen LogP contribution in [0, 0.1) is 5.82 Å². The number of nitrogens with two attached hydrogens (primary N) is 1. The molecule has 0 fully saturated rings. The van der Waals surface area contributed by atoms with Gasteiger partial charge in [-0.05, 0) is 67.3 Å². The fourth-order valence-corrected chi connectivity index (χ4v) is 3.15. The predicted molar refractivity (Wildman–Crippen MR) is 81.3 cm³/mol. The monoisotopic (exact) mass is 270 g/mol. The van der Waals surface area contributed by atoms with Crippen LogP contribution in [0.2, 0.25) is 0 Å². The average Bonchev–Trinajstić information content (AvgIpc) is 2.85. The van der Waals surface area contributed by atoms with E-state index in [0.29, 0.717) is 6.04 Å². The van der Waals surface area contributed by atoms with E-state index in [2.05, 4.69) is 24.0 Å². The molecular weight excluding hydrogens is 251 g/mol. The molecule has 20 heavy (non-hydrogen) atoms. The molecule has 3 heteroatoms. The lowest BCUT2D eigenvalue weighted by atomic mass is 10.1. The Morgan fingerprint density at radius 2 is 1.95 bits per heavy atom. The minimum Gasteiger partial charge on any atom is -0.399 e. The van der Waals surface area contributed by atoms with Gasteiger partial charge >= 0.3 is 0 Å². The summed E-state index contributed by atoms with van der Waals surface area (Å²) in [7, 11) is 0. The molecule has 2 aromatic rings. The number of hydrogen-bond acceptors (Lipinski definition) is 2. The Bertz CT molecular complexity index is 607. The van der Waals surface area contributed by atoms with Crippen molar-refractivity contribution in [1.82, 2.24) is 0 Å². The smallest absolute Gasteiger partial charge is 0.123 e. The SMILES string of the molecule is CCN(c1ccc(F)cc1)C1CCc2cc(N)ccc21. The van der Waals surface area contributed by atoms with Gasteiger partial charge in [0.15, 0.2) is 0 Å². The molecule has 1 atom stereocenters. The fourth-order valence-electron chi connectivity index (χ4n) is 3.15. The normalized spacial score (nSPS) is 17.0. The minimum atomic E-state index is -0.190. The fraction of sp³-hybridized carbons (Fsp3) is 0.294. The summed E-state index contributed by atoms with van der Waals surface area (Å²) in [5.41, 5.74) is 10.5. The molecule has 3 rings (SSSR count). The maximum absolute atomic E-state index is 13.1. The van der Waals surface area contributed by atoms with Gasteiger partial charge in [0.2, 0.25) is 0 Å². The number of nitrogen functional groups attached to an aromatic ring is 1. The van der Waals surface area contributed by atoms with E-state index in [1.165, 1.54) is 23.3 Å². The molecule has 0 saturated carbocycles. The molecule has 2 N–H and O–H groups in total. The van der Waals surface area contributed by atoms with Gasteiger partial charge in [-0.2, -0.15) is 0 Å². The summed E-state index contributed by atoms with van der Waals surface area (Å²) in [5.74, 6) is -0.190. The molecule has 104 valence electrons. The second-order valence-electron chi connectivity index (χ2n) is 5.28. The lowest BCUT2D eigenvalue weighted by Crippen LogP contribution is -2.26. The van der Waals surface area contributed by atoms with E-state index in [1.54, 1.807) is 0 Å². The molecule has 0 aromatic heterocycles. The maximum atomic E-state index is 13.1. The average molecular weight is 270 g/mol. The summed E-state index contributed by atoms with van der Waals surface area (Å²) in [6.45, 7) is 3.04. The Hall–Kier alpha value is -2.03. The molecule has 2 nitrogen and oxygen atoms in total. The molecule has 0 aliphatic heterocycles. The summed E-state index contributed by atoms with van der Waals surface area (Å²) >= 11 is 0. The molecular formula is C17H19FN2. The van der Waals surface area contributed by atoms with Crippen LogP contribution in [0.4, 0.5) is 15.8 Å². The summed E-state index contributed by atoms with van der Waals surface area (Å²) in [5, 5.41) is 0. The molecule has 0 saturated heterocycles. The number of nitrogens with zero attached hydrogens (tertiary/aromatic N) is 1. The molecule has 0 spiro atoms. The number of rotatable bonds is 3. The van der Waals surface area contributed by atoms with Gasteiger partial charge in [0.1, 0.15) is 5.82 Å². The van der Waals surface area contributed by atoms with Gasteiger partial charge in [-0.3, -0.25) is 0 Å². The third-order valence-electron chi connectivity index (χ3n) is 4.09. The number of fused-ring (bicyclic) bond motifs is 1. The summed E-state index contributed by atoms with van der Waals surface area (Å²) in [6, 6.07) is 13.3. The highest BCUT2D eigenvalue weighted by molar-refractivity contribution is 5.54. The first-order valence-corrected chi connectivity index (χ1v) is 7.09. The van der Waals surface area contributed by atoms with E-state index in [-0.39, 0.29) is 5.82 Å². The van der Waals surface area contributed by atoms with Crippen molar-refractivity contribution < 1.29 is 4.39 Å². The van der Waals surface area contributed by atoms with Gasteiger partial charge in [0.05, 0.1) is 6.04 Å². The lowest BCUT2D eigenvalue weighted by Gasteiger charge is -2.31. The van der Waals surface area contributed by atoms with Crippen molar-refractivity contribution in [3.8, 4) is 0 Å². The van der Waals surface area contributed by atoms with E-state index < -0.39 is 0 Å². The van der Waals surface area contributed by atoms with Gasteiger partial charge in [0.25, 0.3) is 0 Å². The quantitative estimate of drug-likeness (QED) is 0.856. The van der Waals surface area contributed by atoms with E-state index in [0.717, 1.165) is 30.8 Å². The molecule has 1 aliphatic rings. The van der Waals surface area contributed by atoms with Crippen molar-refractivity contribution in [2.45, 2.75) is 25.8 Å². The molecule has 0 amide bonds. The Labute approximate surface area is 119 Å². The van der Waals surface area contributed by atoms with Crippen molar-refractivity contribution in [3.63, 3.8) is 0 Å². The van der Waals surface area contributed by atoms with E-state index in [1.807, 2.05) is 18.2 Å². The van der Waals surface area contributed by atoms with Crippen molar-refractivity contribution in [2.24, 2.45) is 0 Å². The van der Waals surface area contributed by atoms with Crippen LogP contribution in [0.1, 0.15) is 30.5 Å². The van der Waals surface area contributed by atoms with Crippen LogP contribution in [0.3, 0.4) is 0 Å². The number of halogens is 1. The Balaban J connectivity index is 1.94. The molecule has 2 aromatic carbocycles. The van der Waals surface area contributed by atoms with Gasteiger partial charge in [0, 0.05) is 17.9 Å². The highest BCUT2D eigenvalue weighted by atomic mass is 19.1. The number of hydrogen-bond donors (Lipinski definition) is 1. The van der Waals surface area contributed by atoms with E-state index >= 15 is 0 Å². The lowest BCUT2D eigenvalue weighted by molar-refractivity contribution is 0.617. The third kappa shape index (κ3) is 2.24. The zero-order valence-electron chi connectivity index (χ0n) is 11.6. The van der Waals surface area contributed by atoms with E-state index in [4.69, 9.17) is 5.73 Å². The zero-order chi connectivity index (χ0) is 14.1. The summed E-state index contributed by atoms with van der Waals surface area (Å²) in [4.78, 5) is 2.33. The van der Waals surface area contributed by atoms with E-state index in [9.17, 15) is 4.39 Å². The largest absolute Gasteiger partial charge is 0.399 e. The maximum Gasteiger partial charge on any atom is 0.123 e. The third-order valence-corrected chi connectivity index (χ3v) is 4.09. The van der Waals surface area contributed by atoms with Crippen molar-refractivity contribution in [1.29, 1.82) is 0 Å². The summed E-state index contributed by atoms with van der Waals surface area (Å²) in [6.07, 6.45) is 2.15. The van der Waals surface area contributed by atoms with Gasteiger partial charge in [-0.15, -0.1) is 0 Å². The topological polar surface area (TPSA) is 29.3 Å². The van der Waals surface area contributed by atoms with Gasteiger partial charge in [-0.25, -0.2) is 4.39 Å². The number of benzene rings is 2. The van der Waals surface area contributed by atoms with Crippen LogP contribution >= 0.6 is 0 Å². The van der Waals surface area contributed by atoms with Crippen LogP contribution < -0.4 is 10.6 Å². The molecule has 0 heterocycles. The first-order valence-electron chi connectivity index (χ1n) is 7.09. The van der Waals surface area contributed by atoms with Crippen LogP contribution in [0.15, 0.2) is 42.5 Å². The van der Waals surface area contributed by atoms with Crippen LogP contribution in [-0.4, -0.2) is 6.54 Å². The zero-order valence-corrected chi connectivity index (χ0v) is 11.6. The van der Waals surface area contributed by atoms with Crippen LogP contribution in [0.25, 0.3) is 0 Å². The molecule has 1 aliphatic carbocycles. The second kappa shape index (κ2) is 5.16. The standard InChI is InChI=1S/C17H19FN2/c1-2-20(15-7-4-13(18)5-8-15)17-10-3-12-11-14(19)6-9-16(12)17/h4-9,11,17H,2-3,10,19H2,1H3. The highest BCUT2D eigenvalue weighted by Crippen LogP contribution is 2.38. The number of anilines is 2. The van der Waals surface area contributed by atoms with Crippen LogP contribution in [0.5, 0.6) is 0 Å². The summed E-state index contributed by atoms with van der Waals surface area (Å²) < 4.78 is 13.1. The Kier molecular flexibility index (Phi) is 3.35. The molecule has 1 unspecified atom stereocenters. The second-order valence-corrected chi connectivity index (χ2v) is 5.28. The highest BCUT2D eigenvalue weighted by Gasteiger charge is 2.27. The van der Waals surface area contributed by atoms with Gasteiger partial charge in [-0.1, -0.05) is 6.07 Å². The van der Waals surface area contributed by atoms with Crippen molar-refractivity contribution >= 4 is 11.4 Å². The number of aryl methyl sites for hydroxylation is 1. The minimum absolute atomic E-state index is 0.190.